The van der Waals surface area contributed by atoms with E-state index in [0.717, 1.165) is 5.56 Å². The fraction of sp³-hybridized carbons (Fsp3) is 0.562. The highest BCUT2D eigenvalue weighted by Crippen LogP contribution is 2.26. The number of ether oxygens (including phenoxy) is 1. The van der Waals surface area contributed by atoms with Crippen LogP contribution in [-0.2, 0) is 10.2 Å². The van der Waals surface area contributed by atoms with E-state index in [4.69, 9.17) is 10.5 Å². The van der Waals surface area contributed by atoms with Crippen LogP contribution in [-0.4, -0.2) is 31.0 Å². The molecule has 0 bridgehead atoms. The van der Waals surface area contributed by atoms with Gasteiger partial charge in [-0.05, 0) is 44.7 Å². The van der Waals surface area contributed by atoms with Crippen LogP contribution in [0.1, 0.15) is 33.3 Å². The van der Waals surface area contributed by atoms with Crippen molar-refractivity contribution in [3.63, 3.8) is 0 Å². The van der Waals surface area contributed by atoms with Gasteiger partial charge in [0.05, 0.1) is 0 Å². The molecule has 5 heteroatoms. The van der Waals surface area contributed by atoms with Crippen molar-refractivity contribution in [1.29, 1.82) is 0 Å². The number of nitrogens with one attached hydrogen (secondary N) is 1. The summed E-state index contributed by atoms with van der Waals surface area (Å²) in [6.45, 7) is 8.46. The van der Waals surface area contributed by atoms with E-state index in [1.807, 2.05) is 46.1 Å². The monoisotopic (exact) mass is 310 g/mol. The van der Waals surface area contributed by atoms with E-state index < -0.39 is 11.7 Å². The van der Waals surface area contributed by atoms with Gasteiger partial charge in [-0.3, -0.25) is 0 Å². The Morgan fingerprint density at radius 1 is 1.33 bits per heavy atom. The molecular formula is C16H26N2O2S. The first kappa shape index (κ1) is 17.9. The van der Waals surface area contributed by atoms with E-state index in [0.29, 0.717) is 13.1 Å². The Labute approximate surface area is 131 Å². The second-order valence-electron chi connectivity index (χ2n) is 6.35. The molecule has 1 unspecified atom stereocenters. The Balaban J connectivity index is 2.78. The third-order valence-electron chi connectivity index (χ3n) is 3.24. The van der Waals surface area contributed by atoms with Crippen LogP contribution in [0, 0.1) is 0 Å². The zero-order valence-electron chi connectivity index (χ0n) is 13.5. The Hall–Kier alpha value is -1.20. The summed E-state index contributed by atoms with van der Waals surface area (Å²) in [4.78, 5) is 13.0. The summed E-state index contributed by atoms with van der Waals surface area (Å²) in [6.07, 6.45) is 1.63. The number of hydrogen-bond acceptors (Lipinski definition) is 4. The van der Waals surface area contributed by atoms with Gasteiger partial charge >= 0.3 is 6.09 Å². The van der Waals surface area contributed by atoms with Gasteiger partial charge in [0, 0.05) is 23.4 Å². The standard InChI is InChI=1S/C16H26N2O2S/c1-15(2,3)20-14(19)18-11-16(4,10-17)12-7-6-8-13(9-12)21-5/h6-9H,10-11,17H2,1-5H3,(H,18,19). The molecule has 1 atom stereocenters. The number of carbonyl (C=O) groups is 1. The molecule has 1 aromatic rings. The van der Waals surface area contributed by atoms with Gasteiger partial charge in [0.25, 0.3) is 0 Å². The zero-order chi connectivity index (χ0) is 16.1. The predicted octanol–water partition coefficient (Wildman–Crippen LogP) is 3.15. The molecule has 1 aromatic carbocycles. The number of alkyl carbamates (subject to hydrolysis) is 1. The Kier molecular flexibility index (Phi) is 6.10. The van der Waals surface area contributed by atoms with E-state index in [2.05, 4.69) is 17.4 Å². The quantitative estimate of drug-likeness (QED) is 0.820. The number of carbonyl (C=O) groups excluding carboxylic acids is 1. The minimum absolute atomic E-state index is 0.317. The average molecular weight is 310 g/mol. The molecule has 0 aliphatic heterocycles. The van der Waals surface area contributed by atoms with Crippen molar-refractivity contribution in [3.05, 3.63) is 29.8 Å². The SMILES string of the molecule is CSc1cccc(C(C)(CN)CNC(=O)OC(C)(C)C)c1. The third-order valence-corrected chi connectivity index (χ3v) is 3.96. The highest BCUT2D eigenvalue weighted by molar-refractivity contribution is 7.98. The maximum absolute atomic E-state index is 11.8. The number of rotatable bonds is 5. The highest BCUT2D eigenvalue weighted by Gasteiger charge is 2.27. The molecule has 21 heavy (non-hydrogen) atoms. The average Bonchev–Trinajstić information content (AvgIpc) is 2.43. The highest BCUT2D eigenvalue weighted by atomic mass is 32.2. The minimum atomic E-state index is -0.498. The first-order valence-corrected chi connectivity index (χ1v) is 8.24. The molecule has 118 valence electrons. The van der Waals surface area contributed by atoms with Gasteiger partial charge in [-0.15, -0.1) is 11.8 Å². The summed E-state index contributed by atoms with van der Waals surface area (Å²) in [7, 11) is 0. The topological polar surface area (TPSA) is 64.3 Å². The molecule has 1 amide bonds. The van der Waals surface area contributed by atoms with E-state index in [-0.39, 0.29) is 5.41 Å². The Morgan fingerprint density at radius 2 is 2.00 bits per heavy atom. The molecule has 0 aliphatic rings. The molecule has 0 aromatic heterocycles. The maximum atomic E-state index is 11.8. The Morgan fingerprint density at radius 3 is 2.52 bits per heavy atom. The van der Waals surface area contributed by atoms with Crippen molar-refractivity contribution < 1.29 is 9.53 Å². The van der Waals surface area contributed by atoms with Crippen molar-refractivity contribution >= 4 is 17.9 Å². The number of hydrogen-bond donors (Lipinski definition) is 2. The van der Waals surface area contributed by atoms with Crippen LogP contribution in [0.4, 0.5) is 4.79 Å². The van der Waals surface area contributed by atoms with Crippen molar-refractivity contribution in [1.82, 2.24) is 5.32 Å². The van der Waals surface area contributed by atoms with Crippen LogP contribution in [0.2, 0.25) is 0 Å². The van der Waals surface area contributed by atoms with Crippen LogP contribution < -0.4 is 11.1 Å². The maximum Gasteiger partial charge on any atom is 0.407 e. The zero-order valence-corrected chi connectivity index (χ0v) is 14.3. The molecule has 3 N–H and O–H groups in total. The third kappa shape index (κ3) is 5.59. The first-order valence-electron chi connectivity index (χ1n) is 7.02. The van der Waals surface area contributed by atoms with Gasteiger partial charge in [-0.25, -0.2) is 4.79 Å². The lowest BCUT2D eigenvalue weighted by molar-refractivity contribution is 0.0516. The lowest BCUT2D eigenvalue weighted by Gasteiger charge is -2.30. The van der Waals surface area contributed by atoms with Crippen LogP contribution >= 0.6 is 11.8 Å². The smallest absolute Gasteiger partial charge is 0.407 e. The summed E-state index contributed by atoms with van der Waals surface area (Å²) in [5.74, 6) is 0. The minimum Gasteiger partial charge on any atom is -0.444 e. The van der Waals surface area contributed by atoms with Gasteiger partial charge in [0.2, 0.25) is 0 Å². The van der Waals surface area contributed by atoms with Crippen LogP contribution in [0.5, 0.6) is 0 Å². The number of amides is 1. The molecule has 4 nitrogen and oxygen atoms in total. The van der Waals surface area contributed by atoms with Crippen molar-refractivity contribution in [2.24, 2.45) is 5.73 Å². The molecule has 0 radical (unpaired) electrons. The van der Waals surface area contributed by atoms with E-state index >= 15 is 0 Å². The van der Waals surface area contributed by atoms with Crippen LogP contribution in [0.3, 0.4) is 0 Å². The number of nitrogens with two attached hydrogens (primary N) is 1. The van der Waals surface area contributed by atoms with Gasteiger partial charge < -0.3 is 15.8 Å². The molecule has 0 spiro atoms. The van der Waals surface area contributed by atoms with Crippen LogP contribution in [0.15, 0.2) is 29.2 Å². The van der Waals surface area contributed by atoms with Gasteiger partial charge in [-0.2, -0.15) is 0 Å². The Bertz CT molecular complexity index is 485. The largest absolute Gasteiger partial charge is 0.444 e. The fourth-order valence-corrected chi connectivity index (χ4v) is 2.33. The molecular weight excluding hydrogens is 284 g/mol. The van der Waals surface area contributed by atoms with Gasteiger partial charge in [-0.1, -0.05) is 19.1 Å². The normalized spacial score (nSPS) is 14.4. The van der Waals surface area contributed by atoms with E-state index in [1.54, 1.807) is 11.8 Å². The van der Waals surface area contributed by atoms with Crippen LogP contribution in [0.25, 0.3) is 0 Å². The summed E-state index contributed by atoms with van der Waals surface area (Å²) < 4.78 is 5.26. The first-order chi connectivity index (χ1) is 9.70. The second-order valence-corrected chi connectivity index (χ2v) is 7.23. The number of benzene rings is 1. The molecule has 1 rings (SSSR count). The molecule has 0 saturated heterocycles. The lowest BCUT2D eigenvalue weighted by Crippen LogP contribution is -2.45. The predicted molar refractivity (Wildman–Crippen MR) is 88.9 cm³/mol. The van der Waals surface area contributed by atoms with Crippen molar-refractivity contribution in [2.45, 2.75) is 43.6 Å². The van der Waals surface area contributed by atoms with Gasteiger partial charge in [0.1, 0.15) is 5.60 Å². The summed E-state index contributed by atoms with van der Waals surface area (Å²) >= 11 is 1.69. The second kappa shape index (κ2) is 7.18. The summed E-state index contributed by atoms with van der Waals surface area (Å²) in [6, 6.07) is 8.24. The summed E-state index contributed by atoms with van der Waals surface area (Å²) in [5.41, 5.74) is 6.25. The van der Waals surface area contributed by atoms with E-state index in [1.165, 1.54) is 4.90 Å². The number of thioether (sulfide) groups is 1. The lowest BCUT2D eigenvalue weighted by atomic mass is 9.82. The van der Waals surface area contributed by atoms with Gasteiger partial charge in [0.15, 0.2) is 0 Å². The van der Waals surface area contributed by atoms with E-state index in [9.17, 15) is 4.79 Å². The summed E-state index contributed by atoms with van der Waals surface area (Å²) in [5, 5.41) is 2.82. The fourth-order valence-electron chi connectivity index (χ4n) is 1.87. The van der Waals surface area contributed by atoms with Crippen molar-refractivity contribution in [3.8, 4) is 0 Å². The van der Waals surface area contributed by atoms with Crippen molar-refractivity contribution in [2.75, 3.05) is 19.3 Å². The molecule has 0 heterocycles. The molecule has 0 saturated carbocycles. The molecule has 0 aliphatic carbocycles. The molecule has 0 fully saturated rings.